The molecule has 0 aliphatic carbocycles. The van der Waals surface area contributed by atoms with Crippen molar-refractivity contribution in [3.63, 3.8) is 0 Å². The van der Waals surface area contributed by atoms with Gasteiger partial charge in [-0.1, -0.05) is 48.5 Å². The van der Waals surface area contributed by atoms with Gasteiger partial charge in [-0.2, -0.15) is 0 Å². The highest BCUT2D eigenvalue weighted by Gasteiger charge is 2.29. The molecule has 5 heteroatoms. The average Bonchev–Trinajstić information content (AvgIpc) is 2.64. The largest absolute Gasteiger partial charge is 0.584 e. The van der Waals surface area contributed by atoms with Crippen molar-refractivity contribution in [1.29, 1.82) is 0 Å². The summed E-state index contributed by atoms with van der Waals surface area (Å²) in [5.74, 6) is 0.707. The first-order chi connectivity index (χ1) is 13.2. The minimum Gasteiger partial charge on any atom is -0.395 e. The fourth-order valence-electron chi connectivity index (χ4n) is 3.08. The van der Waals surface area contributed by atoms with Crippen molar-refractivity contribution in [3.8, 4) is 22.6 Å². The number of rotatable bonds is 5. The Kier molecular flexibility index (Phi) is 5.64. The van der Waals surface area contributed by atoms with Gasteiger partial charge in [-0.15, -0.1) is 0 Å². The molecule has 0 aliphatic rings. The Hall–Kier alpha value is -2.55. The molecule has 1 unspecified atom stereocenters. The van der Waals surface area contributed by atoms with Gasteiger partial charge in [0, 0.05) is 5.56 Å². The lowest BCUT2D eigenvalue weighted by Gasteiger charge is -2.21. The molecule has 1 N–H and O–H groups in total. The third-order valence-corrected chi connectivity index (χ3v) is 5.93. The van der Waals surface area contributed by atoms with E-state index < -0.39 is 7.82 Å². The molecule has 4 nitrogen and oxygen atoms in total. The van der Waals surface area contributed by atoms with E-state index in [9.17, 15) is 9.46 Å². The summed E-state index contributed by atoms with van der Waals surface area (Å²) in [6, 6.07) is 17.1. The van der Waals surface area contributed by atoms with Gasteiger partial charge in [-0.3, -0.25) is 4.89 Å². The topological polar surface area (TPSA) is 55.8 Å². The van der Waals surface area contributed by atoms with Crippen molar-refractivity contribution in [3.05, 3.63) is 82.4 Å². The molecule has 3 aromatic rings. The zero-order chi connectivity index (χ0) is 20.5. The second-order valence-electron chi connectivity index (χ2n) is 7.05. The lowest BCUT2D eigenvalue weighted by molar-refractivity contribution is 0.290. The fourth-order valence-corrected chi connectivity index (χ4v) is 4.03. The van der Waals surface area contributed by atoms with Gasteiger partial charge in [0.15, 0.2) is 0 Å². The second kappa shape index (κ2) is 7.83. The standard InChI is InChI=1S/C23H25O4P/c1-15-10-8-12-22(18(15)4)26-28(24,25)27-23-19(5)16(2)13-14-21(23)20-11-7-6-9-17(20)3/h6-14H,1-5H3,(H,24,25). The highest BCUT2D eigenvalue weighted by molar-refractivity contribution is 7.48. The Balaban J connectivity index is 2.04. The van der Waals surface area contributed by atoms with Crippen LogP contribution in [0.3, 0.4) is 0 Å². The van der Waals surface area contributed by atoms with Crippen LogP contribution in [0.1, 0.15) is 27.8 Å². The van der Waals surface area contributed by atoms with Crippen LogP contribution in [0, 0.1) is 34.6 Å². The molecular formula is C23H25O4P. The average molecular weight is 396 g/mol. The Morgan fingerprint density at radius 3 is 2.04 bits per heavy atom. The summed E-state index contributed by atoms with van der Waals surface area (Å²) in [4.78, 5) is 10.5. The number of hydrogen-bond acceptors (Lipinski definition) is 3. The molecule has 1 atom stereocenters. The summed E-state index contributed by atoms with van der Waals surface area (Å²) < 4.78 is 23.9. The van der Waals surface area contributed by atoms with Gasteiger partial charge >= 0.3 is 7.82 Å². The van der Waals surface area contributed by atoms with Crippen molar-refractivity contribution < 1.29 is 18.5 Å². The minimum absolute atomic E-state index is 0.341. The van der Waals surface area contributed by atoms with Crippen molar-refractivity contribution in [2.45, 2.75) is 34.6 Å². The number of benzene rings is 3. The van der Waals surface area contributed by atoms with Crippen LogP contribution < -0.4 is 9.05 Å². The Morgan fingerprint density at radius 2 is 1.32 bits per heavy atom. The van der Waals surface area contributed by atoms with Crippen LogP contribution in [0.5, 0.6) is 11.5 Å². The predicted octanol–water partition coefficient (Wildman–Crippen LogP) is 6.45. The van der Waals surface area contributed by atoms with E-state index in [1.807, 2.05) is 77.1 Å². The third kappa shape index (κ3) is 4.14. The monoisotopic (exact) mass is 396 g/mol. The molecule has 0 fully saturated rings. The van der Waals surface area contributed by atoms with Crippen molar-refractivity contribution in [2.24, 2.45) is 0 Å². The Bertz CT molecular complexity index is 1070. The molecule has 0 bridgehead atoms. The third-order valence-electron chi connectivity index (χ3n) is 5.09. The van der Waals surface area contributed by atoms with Crippen LogP contribution in [0.15, 0.2) is 54.6 Å². The molecule has 0 amide bonds. The number of phosphoric ester groups is 1. The van der Waals surface area contributed by atoms with Gasteiger partial charge in [-0.25, -0.2) is 4.57 Å². The van der Waals surface area contributed by atoms with Crippen molar-refractivity contribution in [2.75, 3.05) is 0 Å². The van der Waals surface area contributed by atoms with E-state index >= 15 is 0 Å². The first kappa shape index (κ1) is 20.2. The van der Waals surface area contributed by atoms with E-state index in [1.54, 1.807) is 12.1 Å². The summed E-state index contributed by atoms with van der Waals surface area (Å²) in [5.41, 5.74) is 6.33. The quantitative estimate of drug-likeness (QED) is 0.503. The summed E-state index contributed by atoms with van der Waals surface area (Å²) in [5, 5.41) is 0. The second-order valence-corrected chi connectivity index (χ2v) is 8.35. The van der Waals surface area contributed by atoms with E-state index in [-0.39, 0.29) is 0 Å². The van der Waals surface area contributed by atoms with Crippen molar-refractivity contribution >= 4 is 7.82 Å². The van der Waals surface area contributed by atoms with Crippen molar-refractivity contribution in [1.82, 2.24) is 0 Å². The Morgan fingerprint density at radius 1 is 0.679 bits per heavy atom. The lowest BCUT2D eigenvalue weighted by Crippen LogP contribution is -2.04. The zero-order valence-corrected chi connectivity index (χ0v) is 17.7. The van der Waals surface area contributed by atoms with Crippen LogP contribution in [-0.4, -0.2) is 4.89 Å². The van der Waals surface area contributed by atoms with E-state index in [0.29, 0.717) is 11.5 Å². The molecule has 3 rings (SSSR count). The highest BCUT2D eigenvalue weighted by Crippen LogP contribution is 2.49. The maximum absolute atomic E-state index is 12.9. The number of aryl methyl sites for hydroxylation is 3. The van der Waals surface area contributed by atoms with E-state index in [1.165, 1.54) is 0 Å². The molecule has 0 saturated heterocycles. The van der Waals surface area contributed by atoms with Gasteiger partial charge in [0.25, 0.3) is 0 Å². The maximum atomic E-state index is 12.9. The molecule has 0 saturated carbocycles. The summed E-state index contributed by atoms with van der Waals surface area (Å²) in [6.45, 7) is 9.59. The highest BCUT2D eigenvalue weighted by atomic mass is 31.2. The fraction of sp³-hybridized carbons (Fsp3) is 0.217. The summed E-state index contributed by atoms with van der Waals surface area (Å²) in [6.07, 6.45) is 0. The summed E-state index contributed by atoms with van der Waals surface area (Å²) in [7, 11) is -4.39. The molecule has 3 aromatic carbocycles. The number of hydrogen-bond donors (Lipinski definition) is 1. The first-order valence-corrected chi connectivity index (χ1v) is 10.6. The molecule has 0 spiro atoms. The number of phosphoric acid groups is 1. The van der Waals surface area contributed by atoms with Crippen LogP contribution >= 0.6 is 7.82 Å². The molecule has 0 aromatic heterocycles. The molecule has 0 heterocycles. The SMILES string of the molecule is Cc1ccccc1-c1ccc(C)c(C)c1OP(=O)(O)Oc1cccc(C)c1C. The molecular weight excluding hydrogens is 371 g/mol. The van der Waals surface area contributed by atoms with Gasteiger partial charge in [0.1, 0.15) is 11.5 Å². The van der Waals surface area contributed by atoms with Crippen LogP contribution in [0.2, 0.25) is 0 Å². The maximum Gasteiger partial charge on any atom is 0.584 e. The Labute approximate surface area is 166 Å². The van der Waals surface area contributed by atoms with Crippen LogP contribution in [0.25, 0.3) is 11.1 Å². The van der Waals surface area contributed by atoms with Gasteiger partial charge in [-0.05, 0) is 74.1 Å². The molecule has 0 radical (unpaired) electrons. The van der Waals surface area contributed by atoms with Gasteiger partial charge in [0.05, 0.1) is 0 Å². The molecule has 0 aliphatic heterocycles. The minimum atomic E-state index is -4.39. The van der Waals surface area contributed by atoms with Crippen LogP contribution in [0.4, 0.5) is 0 Å². The van der Waals surface area contributed by atoms with Gasteiger partial charge < -0.3 is 9.05 Å². The smallest absolute Gasteiger partial charge is 0.395 e. The van der Waals surface area contributed by atoms with E-state index in [2.05, 4.69) is 0 Å². The lowest BCUT2D eigenvalue weighted by atomic mass is 9.96. The van der Waals surface area contributed by atoms with Crippen LogP contribution in [-0.2, 0) is 4.57 Å². The molecule has 28 heavy (non-hydrogen) atoms. The predicted molar refractivity (Wildman–Crippen MR) is 113 cm³/mol. The first-order valence-electron chi connectivity index (χ1n) is 9.14. The normalized spacial score (nSPS) is 13.1. The van der Waals surface area contributed by atoms with E-state index in [4.69, 9.17) is 9.05 Å². The summed E-state index contributed by atoms with van der Waals surface area (Å²) >= 11 is 0. The van der Waals surface area contributed by atoms with E-state index in [0.717, 1.165) is 38.9 Å². The van der Waals surface area contributed by atoms with Gasteiger partial charge in [0.2, 0.25) is 0 Å². The molecule has 146 valence electrons. The zero-order valence-electron chi connectivity index (χ0n) is 16.8.